The summed E-state index contributed by atoms with van der Waals surface area (Å²) in [6.07, 6.45) is 6.15. The maximum atomic E-state index is 4.82. The Morgan fingerprint density at radius 1 is 1.07 bits per heavy atom. The third kappa shape index (κ3) is 3.42. The Bertz CT molecular complexity index is 1020. The number of aromatic nitrogens is 2. The first kappa shape index (κ1) is 18.4. The van der Waals surface area contributed by atoms with Crippen LogP contribution in [0.1, 0.15) is 47.8 Å². The maximum Gasteiger partial charge on any atom is 0.106 e. The molecule has 1 aromatic heterocycles. The molecule has 2 aromatic carbocycles. The number of nitrogens with one attached hydrogen (secondary N) is 1. The minimum atomic E-state index is 0.571. The molecule has 0 bridgehead atoms. The molecule has 0 aliphatic heterocycles. The van der Waals surface area contributed by atoms with Crippen LogP contribution < -0.4 is 5.32 Å². The summed E-state index contributed by atoms with van der Waals surface area (Å²) in [6, 6.07) is 14.6. The molecule has 0 saturated heterocycles. The van der Waals surface area contributed by atoms with E-state index < -0.39 is 0 Å². The fourth-order valence-corrected chi connectivity index (χ4v) is 5.73. The summed E-state index contributed by atoms with van der Waals surface area (Å²) in [5.41, 5.74) is 6.79. The Kier molecular flexibility index (Phi) is 4.80. The lowest BCUT2D eigenvalue weighted by molar-refractivity contribution is 0.425. The lowest BCUT2D eigenvalue weighted by Gasteiger charge is -2.18. The molecule has 1 heterocycles. The van der Waals surface area contributed by atoms with Crippen LogP contribution in [0, 0.1) is 19.8 Å². The Morgan fingerprint density at radius 2 is 1.93 bits per heavy atom. The SMILES string of the molecule is Cc1ccc2c(c1)nc(C)n2[C@H]1CC[C@@H](NC[C@H]2Cc3ccc(Br)cc3C2)C1. The van der Waals surface area contributed by atoms with Crippen molar-refractivity contribution in [2.24, 2.45) is 5.92 Å². The molecule has 0 spiro atoms. The van der Waals surface area contributed by atoms with Crippen molar-refractivity contribution < 1.29 is 0 Å². The molecule has 3 atom stereocenters. The highest BCUT2D eigenvalue weighted by atomic mass is 79.9. The monoisotopic (exact) mass is 437 g/mol. The molecule has 1 saturated carbocycles. The van der Waals surface area contributed by atoms with E-state index in [2.05, 4.69) is 76.1 Å². The van der Waals surface area contributed by atoms with Gasteiger partial charge in [0.2, 0.25) is 0 Å². The van der Waals surface area contributed by atoms with Gasteiger partial charge >= 0.3 is 0 Å². The lowest BCUT2D eigenvalue weighted by Crippen LogP contribution is -2.32. The lowest BCUT2D eigenvalue weighted by atomic mass is 10.1. The molecule has 1 fully saturated rings. The minimum absolute atomic E-state index is 0.571. The minimum Gasteiger partial charge on any atom is -0.325 e. The van der Waals surface area contributed by atoms with Crippen LogP contribution in [0.2, 0.25) is 0 Å². The molecular formula is C24H28BrN3. The van der Waals surface area contributed by atoms with E-state index in [9.17, 15) is 0 Å². The smallest absolute Gasteiger partial charge is 0.106 e. The molecule has 4 heteroatoms. The number of rotatable bonds is 4. The summed E-state index contributed by atoms with van der Waals surface area (Å²) in [5.74, 6) is 1.89. The standard InChI is InChI=1S/C24H28BrN3/c1-15-3-8-24-23(9-15)27-16(2)28(24)22-7-6-21(13-22)26-14-17-10-18-4-5-20(25)12-19(18)11-17/h3-5,8-9,12,17,21-22,26H,6-7,10-11,13-14H2,1-2H3/t17-,21+,22-/m0/s1. The summed E-state index contributed by atoms with van der Waals surface area (Å²) in [5, 5.41) is 3.90. The highest BCUT2D eigenvalue weighted by Gasteiger charge is 2.29. The van der Waals surface area contributed by atoms with Gasteiger partial charge in [0, 0.05) is 16.6 Å². The Balaban J connectivity index is 1.22. The van der Waals surface area contributed by atoms with Crippen molar-refractivity contribution in [2.75, 3.05) is 6.54 Å². The molecule has 5 rings (SSSR count). The van der Waals surface area contributed by atoms with E-state index in [0.717, 1.165) is 23.8 Å². The number of benzene rings is 2. The third-order valence-electron chi connectivity index (χ3n) is 6.67. The number of aryl methyl sites for hydroxylation is 2. The molecule has 1 N–H and O–H groups in total. The second-order valence-corrected chi connectivity index (χ2v) is 9.70. The van der Waals surface area contributed by atoms with Crippen LogP contribution in [-0.2, 0) is 12.8 Å². The van der Waals surface area contributed by atoms with E-state index in [1.807, 2.05) is 0 Å². The molecule has 146 valence electrons. The van der Waals surface area contributed by atoms with Crippen molar-refractivity contribution in [3.63, 3.8) is 0 Å². The summed E-state index contributed by atoms with van der Waals surface area (Å²) < 4.78 is 3.69. The number of fused-ring (bicyclic) bond motifs is 2. The van der Waals surface area contributed by atoms with Gasteiger partial charge in [-0.05, 0) is 99.4 Å². The van der Waals surface area contributed by atoms with Gasteiger partial charge in [-0.15, -0.1) is 0 Å². The number of hydrogen-bond acceptors (Lipinski definition) is 2. The average Bonchev–Trinajstić information content (AvgIpc) is 3.35. The number of imidazole rings is 1. The molecule has 0 radical (unpaired) electrons. The second-order valence-electron chi connectivity index (χ2n) is 8.78. The Labute approximate surface area is 175 Å². The van der Waals surface area contributed by atoms with Crippen LogP contribution in [0.3, 0.4) is 0 Å². The summed E-state index contributed by atoms with van der Waals surface area (Å²) >= 11 is 3.61. The molecule has 2 aliphatic rings. The predicted molar refractivity (Wildman–Crippen MR) is 119 cm³/mol. The average molecular weight is 438 g/mol. The molecule has 0 unspecified atom stereocenters. The first-order valence-corrected chi connectivity index (χ1v) is 11.3. The molecular weight excluding hydrogens is 410 g/mol. The quantitative estimate of drug-likeness (QED) is 0.582. The van der Waals surface area contributed by atoms with E-state index in [1.165, 1.54) is 58.8 Å². The van der Waals surface area contributed by atoms with Crippen LogP contribution >= 0.6 is 15.9 Å². The van der Waals surface area contributed by atoms with Gasteiger partial charge in [-0.3, -0.25) is 0 Å². The molecule has 2 aliphatic carbocycles. The van der Waals surface area contributed by atoms with E-state index >= 15 is 0 Å². The van der Waals surface area contributed by atoms with Crippen molar-refractivity contribution in [3.8, 4) is 0 Å². The van der Waals surface area contributed by atoms with Crippen molar-refractivity contribution in [3.05, 3.63) is 63.4 Å². The first-order chi connectivity index (χ1) is 13.6. The molecule has 0 amide bonds. The molecule has 3 nitrogen and oxygen atoms in total. The van der Waals surface area contributed by atoms with Gasteiger partial charge in [0.05, 0.1) is 11.0 Å². The summed E-state index contributed by atoms with van der Waals surface area (Å²) in [4.78, 5) is 4.82. The third-order valence-corrected chi connectivity index (χ3v) is 7.17. The Morgan fingerprint density at radius 3 is 2.82 bits per heavy atom. The van der Waals surface area contributed by atoms with Crippen LogP contribution in [-0.4, -0.2) is 22.1 Å². The van der Waals surface area contributed by atoms with Gasteiger partial charge in [-0.25, -0.2) is 4.98 Å². The Hall–Kier alpha value is -1.65. The van der Waals surface area contributed by atoms with E-state index in [4.69, 9.17) is 4.98 Å². The van der Waals surface area contributed by atoms with Gasteiger partial charge < -0.3 is 9.88 Å². The van der Waals surface area contributed by atoms with Crippen molar-refractivity contribution in [1.82, 2.24) is 14.9 Å². The fraction of sp³-hybridized carbons (Fsp3) is 0.458. The number of nitrogens with zero attached hydrogens (tertiary/aromatic N) is 2. The van der Waals surface area contributed by atoms with Crippen molar-refractivity contribution in [2.45, 2.75) is 58.0 Å². The largest absolute Gasteiger partial charge is 0.325 e. The normalized spacial score (nSPS) is 24.2. The van der Waals surface area contributed by atoms with Crippen molar-refractivity contribution >= 4 is 27.0 Å². The highest BCUT2D eigenvalue weighted by Crippen LogP contribution is 2.35. The van der Waals surface area contributed by atoms with Gasteiger partial charge in [-0.2, -0.15) is 0 Å². The zero-order chi connectivity index (χ0) is 19.3. The molecule has 3 aromatic rings. The van der Waals surface area contributed by atoms with Gasteiger partial charge in [0.25, 0.3) is 0 Å². The van der Waals surface area contributed by atoms with Crippen LogP contribution in [0.25, 0.3) is 11.0 Å². The fourth-order valence-electron chi connectivity index (χ4n) is 5.32. The highest BCUT2D eigenvalue weighted by molar-refractivity contribution is 9.10. The maximum absolute atomic E-state index is 4.82. The van der Waals surface area contributed by atoms with E-state index in [1.54, 1.807) is 0 Å². The van der Waals surface area contributed by atoms with Crippen molar-refractivity contribution in [1.29, 1.82) is 0 Å². The van der Waals surface area contributed by atoms with Gasteiger partial charge in [0.15, 0.2) is 0 Å². The van der Waals surface area contributed by atoms with Crippen LogP contribution in [0.4, 0.5) is 0 Å². The van der Waals surface area contributed by atoms with E-state index in [-0.39, 0.29) is 0 Å². The number of halogens is 1. The van der Waals surface area contributed by atoms with Gasteiger partial charge in [0.1, 0.15) is 5.82 Å². The van der Waals surface area contributed by atoms with Crippen LogP contribution in [0.15, 0.2) is 40.9 Å². The molecule has 28 heavy (non-hydrogen) atoms. The summed E-state index contributed by atoms with van der Waals surface area (Å²) in [7, 11) is 0. The second kappa shape index (κ2) is 7.31. The zero-order valence-corrected chi connectivity index (χ0v) is 18.3. The summed E-state index contributed by atoms with van der Waals surface area (Å²) in [6.45, 7) is 5.43. The number of hydrogen-bond donors (Lipinski definition) is 1. The predicted octanol–water partition coefficient (Wildman–Crippen LogP) is 5.51. The van der Waals surface area contributed by atoms with E-state index in [0.29, 0.717) is 12.1 Å². The van der Waals surface area contributed by atoms with Gasteiger partial charge in [-0.1, -0.05) is 28.1 Å². The topological polar surface area (TPSA) is 29.9 Å². The first-order valence-electron chi connectivity index (χ1n) is 10.5. The zero-order valence-electron chi connectivity index (χ0n) is 16.7. The van der Waals surface area contributed by atoms with Crippen LogP contribution in [0.5, 0.6) is 0 Å².